The van der Waals surface area contributed by atoms with Crippen LogP contribution in [0.25, 0.3) is 0 Å². The highest BCUT2D eigenvalue weighted by Crippen LogP contribution is 3.00. The molecule has 22 heavy (non-hydrogen) atoms. The predicted octanol–water partition coefficient (Wildman–Crippen LogP) is 1.80. The quantitative estimate of drug-likeness (QED) is 0.698. The van der Waals surface area contributed by atoms with Crippen LogP contribution in [0.4, 0.5) is 0 Å². The summed E-state index contributed by atoms with van der Waals surface area (Å²) in [5.41, 5.74) is -0.811. The third kappa shape index (κ3) is 0.968. The maximum atomic E-state index is 6.69. The standard InChI is InChI=1S/C16H22B5N/c1-11(2)7(17)15(11)9(19)13(15,5)22(21)14(6)10(20)16(14)8(18)12(16,3)4/h7-10H,1-6H3. The van der Waals surface area contributed by atoms with Gasteiger partial charge in [-0.25, -0.2) is 0 Å². The van der Waals surface area contributed by atoms with Gasteiger partial charge in [-0.15, -0.1) is 0 Å². The predicted molar refractivity (Wildman–Crippen MR) is 94.8 cm³/mol. The summed E-state index contributed by atoms with van der Waals surface area (Å²) in [4.78, 5) is 1.96. The van der Waals surface area contributed by atoms with Gasteiger partial charge in [0.15, 0.2) is 7.98 Å². The molecule has 10 radical (unpaired) electrons. The number of nitrogens with zero attached hydrogens (tertiary/aromatic N) is 1. The summed E-state index contributed by atoms with van der Waals surface area (Å²) in [6, 6.07) is 0. The molecule has 0 N–H and O–H groups in total. The minimum absolute atomic E-state index is 0.0163. The van der Waals surface area contributed by atoms with E-state index < -0.39 is 0 Å². The van der Waals surface area contributed by atoms with Crippen molar-refractivity contribution in [3.8, 4) is 0 Å². The Labute approximate surface area is 142 Å². The third-order valence-electron chi connectivity index (χ3n) is 9.20. The summed E-state index contributed by atoms with van der Waals surface area (Å²) in [5, 5.41) is 0. The number of hydrogen-bond donors (Lipinski definition) is 0. The first-order chi connectivity index (χ1) is 9.77. The van der Waals surface area contributed by atoms with E-state index in [0.29, 0.717) is 0 Å². The third-order valence-corrected chi connectivity index (χ3v) is 9.20. The van der Waals surface area contributed by atoms with Gasteiger partial charge in [0.25, 0.3) is 0 Å². The van der Waals surface area contributed by atoms with Crippen molar-refractivity contribution in [3.63, 3.8) is 0 Å². The summed E-state index contributed by atoms with van der Waals surface area (Å²) < 4.78 is 0. The van der Waals surface area contributed by atoms with E-state index in [4.69, 9.17) is 39.4 Å². The fourth-order valence-electron chi connectivity index (χ4n) is 7.31. The maximum Gasteiger partial charge on any atom is 0.183 e. The molecule has 4 saturated carbocycles. The van der Waals surface area contributed by atoms with Crippen LogP contribution in [0.5, 0.6) is 0 Å². The van der Waals surface area contributed by atoms with Gasteiger partial charge >= 0.3 is 0 Å². The largest absolute Gasteiger partial charge is 0.344 e. The zero-order chi connectivity index (χ0) is 16.9. The van der Waals surface area contributed by atoms with Crippen LogP contribution < -0.4 is 0 Å². The molecule has 4 fully saturated rings. The molecule has 0 bridgehead atoms. The van der Waals surface area contributed by atoms with Crippen molar-refractivity contribution in [1.82, 2.24) is 4.81 Å². The molecule has 2 spiro atoms. The second-order valence-corrected chi connectivity index (χ2v) is 9.76. The van der Waals surface area contributed by atoms with Gasteiger partial charge in [0.2, 0.25) is 0 Å². The van der Waals surface area contributed by atoms with Crippen LogP contribution in [0.1, 0.15) is 41.5 Å². The molecular formula is C16H22B5N. The van der Waals surface area contributed by atoms with Gasteiger partial charge in [-0.2, -0.15) is 0 Å². The van der Waals surface area contributed by atoms with Gasteiger partial charge in [-0.05, 0) is 35.5 Å². The Morgan fingerprint density at radius 2 is 0.818 bits per heavy atom. The average molecular weight is 282 g/mol. The molecule has 4 rings (SSSR count). The van der Waals surface area contributed by atoms with Gasteiger partial charge < -0.3 is 4.81 Å². The van der Waals surface area contributed by atoms with Crippen LogP contribution in [0, 0.1) is 21.7 Å². The Morgan fingerprint density at radius 1 is 0.591 bits per heavy atom. The van der Waals surface area contributed by atoms with E-state index in [0.717, 1.165) is 0 Å². The molecule has 0 aromatic rings. The monoisotopic (exact) mass is 283 g/mol. The molecule has 106 valence electrons. The summed E-state index contributed by atoms with van der Waals surface area (Å²) in [6.45, 7) is 13.1. The first kappa shape index (κ1) is 15.8. The highest BCUT2D eigenvalue weighted by molar-refractivity contribution is 6.27. The lowest BCUT2D eigenvalue weighted by Gasteiger charge is -2.37. The van der Waals surface area contributed by atoms with E-state index in [-0.39, 0.29) is 56.0 Å². The number of rotatable bonds is 2. The van der Waals surface area contributed by atoms with Crippen molar-refractivity contribution in [1.29, 1.82) is 0 Å². The minimum Gasteiger partial charge on any atom is -0.344 e. The van der Waals surface area contributed by atoms with Crippen molar-refractivity contribution in [3.05, 3.63) is 0 Å². The summed E-state index contributed by atoms with van der Waals surface area (Å²) in [5.74, 6) is 0.132. The lowest BCUT2D eigenvalue weighted by atomic mass is 9.90. The second-order valence-electron chi connectivity index (χ2n) is 9.76. The second kappa shape index (κ2) is 3.33. The maximum absolute atomic E-state index is 6.69. The van der Waals surface area contributed by atoms with Crippen LogP contribution in [-0.2, 0) is 0 Å². The van der Waals surface area contributed by atoms with Crippen LogP contribution >= 0.6 is 0 Å². The molecule has 4 aliphatic carbocycles. The van der Waals surface area contributed by atoms with Crippen LogP contribution in [0.2, 0.25) is 23.3 Å². The molecule has 0 aliphatic heterocycles. The first-order valence-corrected chi connectivity index (χ1v) is 8.35. The van der Waals surface area contributed by atoms with Crippen LogP contribution in [0.3, 0.4) is 0 Å². The average Bonchev–Trinajstić information content (AvgIpc) is 3.31. The Hall–Kier alpha value is 0.285. The summed E-state index contributed by atoms with van der Waals surface area (Å²) >= 11 is 0. The topological polar surface area (TPSA) is 3.24 Å². The van der Waals surface area contributed by atoms with Crippen molar-refractivity contribution in [2.75, 3.05) is 0 Å². The molecule has 8 atom stereocenters. The fraction of sp³-hybridized carbons (Fsp3) is 1.00. The van der Waals surface area contributed by atoms with Gasteiger partial charge in [0, 0.05) is 11.1 Å². The Morgan fingerprint density at radius 3 is 0.955 bits per heavy atom. The van der Waals surface area contributed by atoms with Crippen molar-refractivity contribution < 1.29 is 0 Å². The SMILES string of the molecule is [B]C1C(C)(C)C12C([B])C2(C)N([B])C1(C)C([B])C12C([B])C2(C)C. The molecule has 0 aromatic heterocycles. The van der Waals surface area contributed by atoms with Crippen molar-refractivity contribution >= 4 is 39.4 Å². The Kier molecular flexibility index (Phi) is 2.39. The lowest BCUT2D eigenvalue weighted by molar-refractivity contribution is 0.193. The summed E-state index contributed by atoms with van der Waals surface area (Å²) in [6.07, 6.45) is 0. The molecular weight excluding hydrogens is 260 g/mol. The summed E-state index contributed by atoms with van der Waals surface area (Å²) in [7, 11) is 32.5. The normalized spacial score (nSPS) is 65.8. The number of hydrogen-bond acceptors (Lipinski definition) is 1. The molecule has 1 nitrogen and oxygen atoms in total. The molecule has 0 aromatic carbocycles. The van der Waals surface area contributed by atoms with Gasteiger partial charge in [-0.1, -0.05) is 51.0 Å². The van der Waals surface area contributed by atoms with Crippen molar-refractivity contribution in [2.24, 2.45) is 21.7 Å². The van der Waals surface area contributed by atoms with E-state index in [2.05, 4.69) is 41.5 Å². The molecule has 6 heteroatoms. The fourth-order valence-corrected chi connectivity index (χ4v) is 7.31. The minimum atomic E-state index is -0.315. The zero-order valence-electron chi connectivity index (χ0n) is 14.6. The highest BCUT2D eigenvalue weighted by atomic mass is 15.3. The van der Waals surface area contributed by atoms with Crippen LogP contribution in [-0.4, -0.2) is 55.3 Å². The van der Waals surface area contributed by atoms with Gasteiger partial charge in [0.1, 0.15) is 0 Å². The zero-order valence-corrected chi connectivity index (χ0v) is 14.6. The van der Waals surface area contributed by atoms with Gasteiger partial charge in [0.05, 0.1) is 31.4 Å². The van der Waals surface area contributed by atoms with E-state index >= 15 is 0 Å². The van der Waals surface area contributed by atoms with Gasteiger partial charge in [-0.3, -0.25) is 0 Å². The van der Waals surface area contributed by atoms with E-state index in [9.17, 15) is 0 Å². The molecule has 8 unspecified atom stereocenters. The Balaban J connectivity index is 1.70. The van der Waals surface area contributed by atoms with E-state index in [1.807, 2.05) is 4.81 Å². The molecule has 4 aliphatic rings. The smallest absolute Gasteiger partial charge is 0.183 e. The van der Waals surface area contributed by atoms with Crippen LogP contribution in [0.15, 0.2) is 0 Å². The Bertz CT molecular complexity index is 543. The lowest BCUT2D eigenvalue weighted by Crippen LogP contribution is -2.47. The molecule has 0 saturated heterocycles. The van der Waals surface area contributed by atoms with E-state index in [1.54, 1.807) is 0 Å². The highest BCUT2D eigenvalue weighted by Gasteiger charge is 2.96. The molecule has 0 heterocycles. The van der Waals surface area contributed by atoms with E-state index in [1.165, 1.54) is 0 Å². The first-order valence-electron chi connectivity index (χ1n) is 8.35. The molecule has 0 amide bonds. The van der Waals surface area contributed by atoms with Crippen molar-refractivity contribution in [2.45, 2.75) is 75.9 Å².